The molecule has 14 heteroatoms. The third-order valence-corrected chi connectivity index (χ3v) is 14.3. The van der Waals surface area contributed by atoms with E-state index < -0.39 is 33.4 Å². The van der Waals surface area contributed by atoms with Gasteiger partial charge in [0.2, 0.25) is 17.7 Å². The number of benzene rings is 3. The Morgan fingerprint density at radius 2 is 1.54 bits per heavy atom. The van der Waals surface area contributed by atoms with Crippen LogP contribution in [0.4, 0.5) is 0 Å². The van der Waals surface area contributed by atoms with Gasteiger partial charge < -0.3 is 19.3 Å². The Kier molecular flexibility index (Phi) is 15.0. The largest absolute Gasteiger partial charge is 0.493 e. The number of carbonyl (C=O) groups excluding carboxylic acids is 5. The number of likely N-dealkylation sites (tertiary alicyclic amines) is 2. The molecule has 0 saturated carbocycles. The average molecular weight is 883 g/mol. The molecule has 2 atom stereocenters. The van der Waals surface area contributed by atoms with E-state index in [4.69, 9.17) is 9.47 Å². The lowest BCUT2D eigenvalue weighted by atomic mass is 9.85. The van der Waals surface area contributed by atoms with Gasteiger partial charge in [0, 0.05) is 32.2 Å². The zero-order valence-corrected chi connectivity index (χ0v) is 37.8. The number of rotatable bonds is 18. The molecule has 3 aromatic carbocycles. The van der Waals surface area contributed by atoms with Gasteiger partial charge in [0.05, 0.1) is 42.6 Å². The molecular formula is C49H62N4O9S. The van der Waals surface area contributed by atoms with Gasteiger partial charge in [-0.3, -0.25) is 34.2 Å². The van der Waals surface area contributed by atoms with Crippen LogP contribution in [0.15, 0.2) is 60.7 Å². The fraction of sp³-hybridized carbons (Fsp3) is 0.531. The summed E-state index contributed by atoms with van der Waals surface area (Å²) in [5.41, 5.74) is 4.13. The number of unbranched alkanes of at least 4 members (excludes halogenated alkanes) is 3. The lowest BCUT2D eigenvalue weighted by Crippen LogP contribution is -2.40. The fourth-order valence-electron chi connectivity index (χ4n) is 9.91. The number of sulfone groups is 1. The molecule has 1 unspecified atom stereocenters. The number of amides is 5. The van der Waals surface area contributed by atoms with Gasteiger partial charge in [-0.15, -0.1) is 0 Å². The normalized spacial score (nSPS) is 19.6. The number of aryl methyl sites for hydroxylation is 1. The quantitative estimate of drug-likeness (QED) is 0.109. The zero-order valence-electron chi connectivity index (χ0n) is 36.9. The van der Waals surface area contributed by atoms with Gasteiger partial charge in [-0.25, -0.2) is 8.42 Å². The molecule has 1 N–H and O–H groups in total. The van der Waals surface area contributed by atoms with Gasteiger partial charge in [0.25, 0.3) is 11.8 Å². The first kappa shape index (κ1) is 45.9. The number of carbonyl (C=O) groups is 5. The second-order valence-corrected chi connectivity index (χ2v) is 19.9. The van der Waals surface area contributed by atoms with Crippen LogP contribution >= 0.6 is 0 Å². The SMILES string of the molecule is CCOc1cc([C@@H](CS(C)(=O)=O)N2C(=O)c3cccc(CCCCCCN4CCC(CC(=O)N5CCC(c6ccc(C7CCC(=O)NC7=O)cc6)CC5)CC4)c3C2=O)ccc1OC. The molecule has 0 aromatic heterocycles. The Morgan fingerprint density at radius 1 is 0.825 bits per heavy atom. The van der Waals surface area contributed by atoms with Gasteiger partial charge in [0.1, 0.15) is 9.84 Å². The summed E-state index contributed by atoms with van der Waals surface area (Å²) in [6.07, 6.45) is 11.1. The summed E-state index contributed by atoms with van der Waals surface area (Å²) >= 11 is 0. The smallest absolute Gasteiger partial charge is 0.262 e. The third-order valence-electron chi connectivity index (χ3n) is 13.4. The van der Waals surface area contributed by atoms with E-state index in [-0.39, 0.29) is 23.6 Å². The Hall–Kier alpha value is -5.08. The minimum Gasteiger partial charge on any atom is -0.493 e. The molecule has 3 fully saturated rings. The molecule has 5 amide bonds. The van der Waals surface area contributed by atoms with Crippen molar-refractivity contribution in [3.8, 4) is 11.5 Å². The fourth-order valence-corrected chi connectivity index (χ4v) is 10.8. The van der Waals surface area contributed by atoms with Gasteiger partial charge in [-0.05, 0) is 130 Å². The molecular weight excluding hydrogens is 821 g/mol. The highest BCUT2D eigenvalue weighted by atomic mass is 32.2. The van der Waals surface area contributed by atoms with Gasteiger partial charge >= 0.3 is 0 Å². The summed E-state index contributed by atoms with van der Waals surface area (Å²) in [5, 5.41) is 2.45. The number of nitrogens with zero attached hydrogens (tertiary/aromatic N) is 3. The molecule has 4 aliphatic heterocycles. The Morgan fingerprint density at radius 3 is 2.22 bits per heavy atom. The maximum absolute atomic E-state index is 14.1. The molecule has 0 spiro atoms. The first-order chi connectivity index (χ1) is 30.3. The van der Waals surface area contributed by atoms with Crippen molar-refractivity contribution in [2.24, 2.45) is 5.92 Å². The summed E-state index contributed by atoms with van der Waals surface area (Å²) in [6, 6.07) is 17.5. The highest BCUT2D eigenvalue weighted by Crippen LogP contribution is 2.38. The maximum atomic E-state index is 14.1. The molecule has 338 valence electrons. The van der Waals surface area contributed by atoms with E-state index in [0.717, 1.165) is 106 Å². The van der Waals surface area contributed by atoms with E-state index in [1.165, 1.54) is 12.7 Å². The van der Waals surface area contributed by atoms with Crippen molar-refractivity contribution in [2.45, 2.75) is 102 Å². The first-order valence-corrected chi connectivity index (χ1v) is 24.8. The van der Waals surface area contributed by atoms with E-state index in [9.17, 15) is 32.4 Å². The molecule has 13 nitrogen and oxygen atoms in total. The van der Waals surface area contributed by atoms with Crippen LogP contribution in [0.3, 0.4) is 0 Å². The molecule has 7 rings (SSSR count). The van der Waals surface area contributed by atoms with Crippen molar-refractivity contribution in [3.05, 3.63) is 94.0 Å². The van der Waals surface area contributed by atoms with E-state index in [1.807, 2.05) is 30.0 Å². The molecule has 0 radical (unpaired) electrons. The van der Waals surface area contributed by atoms with Crippen molar-refractivity contribution in [1.82, 2.24) is 20.0 Å². The highest BCUT2D eigenvalue weighted by molar-refractivity contribution is 7.90. The summed E-state index contributed by atoms with van der Waals surface area (Å²) in [6.45, 7) is 6.74. The number of hydrogen-bond donors (Lipinski definition) is 1. The van der Waals surface area contributed by atoms with Crippen LogP contribution < -0.4 is 14.8 Å². The van der Waals surface area contributed by atoms with E-state index >= 15 is 0 Å². The van der Waals surface area contributed by atoms with Crippen molar-refractivity contribution >= 4 is 39.4 Å². The average Bonchev–Trinajstić information content (AvgIpc) is 3.53. The van der Waals surface area contributed by atoms with Crippen molar-refractivity contribution < 1.29 is 41.9 Å². The zero-order chi connectivity index (χ0) is 44.7. The van der Waals surface area contributed by atoms with Crippen molar-refractivity contribution in [1.29, 1.82) is 0 Å². The Labute approximate surface area is 371 Å². The topological polar surface area (TPSA) is 160 Å². The molecule has 3 saturated heterocycles. The van der Waals surface area contributed by atoms with Crippen LogP contribution in [0.5, 0.6) is 11.5 Å². The lowest BCUT2D eigenvalue weighted by Gasteiger charge is -2.35. The monoisotopic (exact) mass is 882 g/mol. The molecule has 0 bridgehead atoms. The number of ether oxygens (including phenoxy) is 2. The number of fused-ring (bicyclic) bond motifs is 1. The number of piperidine rings is 3. The maximum Gasteiger partial charge on any atom is 0.262 e. The van der Waals surface area contributed by atoms with Crippen LogP contribution in [0.25, 0.3) is 0 Å². The minimum absolute atomic E-state index is 0.202. The highest BCUT2D eigenvalue weighted by Gasteiger charge is 2.43. The third kappa shape index (κ3) is 11.2. The Bertz CT molecular complexity index is 2260. The minimum atomic E-state index is -3.60. The predicted octanol–water partition coefficient (Wildman–Crippen LogP) is 6.61. The van der Waals surface area contributed by atoms with Crippen LogP contribution in [-0.4, -0.2) is 111 Å². The van der Waals surface area contributed by atoms with E-state index in [0.29, 0.717) is 72.3 Å². The molecule has 4 heterocycles. The number of imide groups is 2. The summed E-state index contributed by atoms with van der Waals surface area (Å²) in [4.78, 5) is 70.7. The summed E-state index contributed by atoms with van der Waals surface area (Å²) in [7, 11) is -2.09. The lowest BCUT2D eigenvalue weighted by molar-refractivity contribution is -0.135. The van der Waals surface area contributed by atoms with Crippen molar-refractivity contribution in [3.63, 3.8) is 0 Å². The summed E-state index contributed by atoms with van der Waals surface area (Å²) in [5.74, 6) is -0.138. The van der Waals surface area contributed by atoms with Gasteiger partial charge in [0.15, 0.2) is 11.5 Å². The van der Waals surface area contributed by atoms with Gasteiger partial charge in [-0.2, -0.15) is 0 Å². The van der Waals surface area contributed by atoms with E-state index in [2.05, 4.69) is 22.3 Å². The standard InChI is InChI=1S/C49H62N4O9S/c1-4-62-43-31-38(17-19-42(43)61-2)41(32-63(3,59)60)53-48(57)40-12-9-11-37(46(40)49(53)58)10-7-5-6-8-25-51-26-21-33(22-27-51)30-45(55)52-28-23-35(24-29-52)34-13-15-36(16-14-34)39-18-20-44(54)50-47(39)56/h9,11-17,19,31,33,35,39,41H,4-8,10,18,20-30,32H2,1-3H3,(H,50,54,56)/t39?,41-/m1/s1. The second kappa shape index (κ2) is 20.6. The number of methoxy groups -OCH3 is 1. The summed E-state index contributed by atoms with van der Waals surface area (Å²) < 4.78 is 36.4. The number of hydrogen-bond acceptors (Lipinski definition) is 10. The van der Waals surface area contributed by atoms with Crippen LogP contribution in [0.1, 0.15) is 138 Å². The van der Waals surface area contributed by atoms with Crippen LogP contribution in [-0.2, 0) is 30.6 Å². The van der Waals surface area contributed by atoms with Crippen molar-refractivity contribution in [2.75, 3.05) is 58.4 Å². The molecule has 63 heavy (non-hydrogen) atoms. The predicted molar refractivity (Wildman–Crippen MR) is 240 cm³/mol. The first-order valence-electron chi connectivity index (χ1n) is 22.7. The molecule has 4 aliphatic rings. The molecule has 3 aromatic rings. The van der Waals surface area contributed by atoms with E-state index in [1.54, 1.807) is 30.3 Å². The molecule has 0 aliphatic carbocycles. The van der Waals surface area contributed by atoms with Crippen LogP contribution in [0, 0.1) is 5.92 Å². The number of nitrogens with one attached hydrogen (secondary N) is 1. The second-order valence-electron chi connectivity index (χ2n) is 17.8. The Balaban J connectivity index is 0.818. The van der Waals surface area contributed by atoms with Crippen LogP contribution in [0.2, 0.25) is 0 Å². The van der Waals surface area contributed by atoms with Gasteiger partial charge in [-0.1, -0.05) is 55.3 Å².